The van der Waals surface area contributed by atoms with Crippen LogP contribution in [0.25, 0.3) is 11.5 Å². The van der Waals surface area contributed by atoms with E-state index in [9.17, 15) is 4.79 Å². The fraction of sp³-hybridized carbons (Fsp3) is 0.375. The van der Waals surface area contributed by atoms with Crippen molar-refractivity contribution in [1.29, 1.82) is 0 Å². The molecule has 2 aromatic carbocycles. The van der Waals surface area contributed by atoms with E-state index < -0.39 is 0 Å². The van der Waals surface area contributed by atoms with Gasteiger partial charge in [0.05, 0.1) is 0 Å². The van der Waals surface area contributed by atoms with Crippen molar-refractivity contribution in [2.24, 2.45) is 0 Å². The second-order valence-electron chi connectivity index (χ2n) is 8.52. The topological polar surface area (TPSA) is 76.9 Å². The van der Waals surface area contributed by atoms with Gasteiger partial charge in [-0.05, 0) is 50.1 Å². The third kappa shape index (κ3) is 5.37. The molecule has 3 aromatic rings. The van der Waals surface area contributed by atoms with Crippen LogP contribution in [0.5, 0.6) is 0 Å². The summed E-state index contributed by atoms with van der Waals surface area (Å²) >= 11 is 0. The van der Waals surface area contributed by atoms with E-state index in [4.69, 9.17) is 4.42 Å². The molecule has 1 aliphatic rings. The molecule has 1 amide bonds. The molecular formula is C24H31N5O2+2. The molecule has 1 aliphatic heterocycles. The first-order chi connectivity index (χ1) is 15.0. The number of rotatable bonds is 6. The summed E-state index contributed by atoms with van der Waals surface area (Å²) in [6.45, 7) is 11.2. The Kier molecular flexibility index (Phi) is 6.44. The summed E-state index contributed by atoms with van der Waals surface area (Å²) < 4.78 is 5.89. The van der Waals surface area contributed by atoms with Gasteiger partial charge in [-0.1, -0.05) is 29.8 Å². The van der Waals surface area contributed by atoms with Crippen molar-refractivity contribution in [2.45, 2.75) is 27.3 Å². The standard InChI is InChI=1S/C24H29N5O2/c1-17-6-4-8-20(14-17)24-27-26-23(31-24)16-29-12-10-28(11-13-29)15-22(30)25-21-9-5-7-18(2)19(21)3/h4-9,14H,10-13,15-16H2,1-3H3,(H,25,30)/p+2. The van der Waals surface area contributed by atoms with Crippen LogP contribution in [-0.2, 0) is 11.3 Å². The lowest BCUT2D eigenvalue weighted by atomic mass is 10.1. The number of aromatic nitrogens is 2. The van der Waals surface area contributed by atoms with Gasteiger partial charge in [-0.15, -0.1) is 10.2 Å². The minimum atomic E-state index is 0.0758. The Labute approximate surface area is 183 Å². The molecule has 0 saturated carbocycles. The van der Waals surface area contributed by atoms with Gasteiger partial charge in [0.25, 0.3) is 11.8 Å². The summed E-state index contributed by atoms with van der Waals surface area (Å²) in [5.41, 5.74) is 5.36. The van der Waals surface area contributed by atoms with Gasteiger partial charge in [0, 0.05) is 11.3 Å². The van der Waals surface area contributed by atoms with E-state index in [0.29, 0.717) is 18.3 Å². The Balaban J connectivity index is 1.25. The fourth-order valence-corrected chi connectivity index (χ4v) is 4.05. The minimum absolute atomic E-state index is 0.0758. The molecule has 7 nitrogen and oxygen atoms in total. The molecule has 162 valence electrons. The molecule has 0 radical (unpaired) electrons. The summed E-state index contributed by atoms with van der Waals surface area (Å²) in [7, 11) is 0. The second-order valence-corrected chi connectivity index (χ2v) is 8.52. The van der Waals surface area contributed by atoms with Crippen LogP contribution in [0, 0.1) is 20.8 Å². The van der Waals surface area contributed by atoms with Crippen LogP contribution in [0.15, 0.2) is 46.9 Å². The molecule has 1 aromatic heterocycles. The summed E-state index contributed by atoms with van der Waals surface area (Å²) in [6, 6.07) is 14.1. The van der Waals surface area contributed by atoms with Gasteiger partial charge in [-0.2, -0.15) is 0 Å². The van der Waals surface area contributed by atoms with Gasteiger partial charge < -0.3 is 19.5 Å². The zero-order chi connectivity index (χ0) is 21.8. The van der Waals surface area contributed by atoms with Gasteiger partial charge >= 0.3 is 0 Å². The van der Waals surface area contributed by atoms with Gasteiger partial charge in [0.2, 0.25) is 5.89 Å². The zero-order valence-corrected chi connectivity index (χ0v) is 18.5. The lowest BCUT2D eigenvalue weighted by Gasteiger charge is -2.28. The van der Waals surface area contributed by atoms with Crippen LogP contribution in [0.2, 0.25) is 0 Å². The van der Waals surface area contributed by atoms with Crippen LogP contribution in [0.1, 0.15) is 22.6 Å². The number of piperazine rings is 1. The Hall–Kier alpha value is -3.03. The molecule has 3 N–H and O–H groups in total. The number of carbonyl (C=O) groups excluding carboxylic acids is 1. The predicted molar refractivity (Wildman–Crippen MR) is 119 cm³/mol. The number of aryl methyl sites for hydroxylation is 2. The van der Waals surface area contributed by atoms with Crippen molar-refractivity contribution < 1.29 is 19.0 Å². The number of carbonyl (C=O) groups is 1. The summed E-state index contributed by atoms with van der Waals surface area (Å²) in [5, 5.41) is 11.5. The average molecular weight is 422 g/mol. The number of anilines is 1. The first-order valence-corrected chi connectivity index (χ1v) is 10.9. The number of benzene rings is 2. The second kappa shape index (κ2) is 9.41. The number of nitrogens with one attached hydrogen (secondary N) is 3. The zero-order valence-electron chi connectivity index (χ0n) is 18.5. The molecule has 1 saturated heterocycles. The van der Waals surface area contributed by atoms with Gasteiger partial charge in [-0.3, -0.25) is 4.79 Å². The number of hydrogen-bond acceptors (Lipinski definition) is 4. The highest BCUT2D eigenvalue weighted by atomic mass is 16.4. The van der Waals surface area contributed by atoms with E-state index in [1.165, 1.54) is 20.9 Å². The number of amides is 1. The molecule has 0 aliphatic carbocycles. The number of quaternary nitrogens is 2. The SMILES string of the molecule is Cc1cccc(-c2nnc(C[NH+]3CC[NH+](CC(=O)Nc4cccc(C)c4C)CC3)o2)c1. The maximum Gasteiger partial charge on any atom is 0.279 e. The molecule has 1 fully saturated rings. The van der Waals surface area contributed by atoms with E-state index in [2.05, 4.69) is 47.6 Å². The summed E-state index contributed by atoms with van der Waals surface area (Å²) in [6.07, 6.45) is 0. The van der Waals surface area contributed by atoms with Crippen molar-refractivity contribution in [3.63, 3.8) is 0 Å². The third-order valence-corrected chi connectivity index (χ3v) is 6.09. The van der Waals surface area contributed by atoms with E-state index in [1.54, 1.807) is 0 Å². The van der Waals surface area contributed by atoms with Gasteiger partial charge in [0.1, 0.15) is 26.2 Å². The summed E-state index contributed by atoms with van der Waals surface area (Å²) in [4.78, 5) is 15.2. The fourth-order valence-electron chi connectivity index (χ4n) is 4.05. The van der Waals surface area contributed by atoms with Crippen molar-refractivity contribution in [1.82, 2.24) is 10.2 Å². The highest BCUT2D eigenvalue weighted by Gasteiger charge is 2.26. The number of hydrogen-bond donors (Lipinski definition) is 3. The monoisotopic (exact) mass is 421 g/mol. The van der Waals surface area contributed by atoms with Gasteiger partial charge in [0.15, 0.2) is 13.1 Å². The predicted octanol–water partition coefficient (Wildman–Crippen LogP) is 0.584. The van der Waals surface area contributed by atoms with Crippen molar-refractivity contribution in [3.8, 4) is 11.5 Å². The van der Waals surface area contributed by atoms with Crippen molar-refractivity contribution >= 4 is 11.6 Å². The van der Waals surface area contributed by atoms with E-state index in [0.717, 1.165) is 49.5 Å². The van der Waals surface area contributed by atoms with E-state index >= 15 is 0 Å². The molecule has 0 bridgehead atoms. The Morgan fingerprint density at radius 1 is 1.00 bits per heavy atom. The largest absolute Gasteiger partial charge is 0.415 e. The molecule has 0 atom stereocenters. The third-order valence-electron chi connectivity index (χ3n) is 6.09. The van der Waals surface area contributed by atoms with Crippen LogP contribution >= 0.6 is 0 Å². The maximum absolute atomic E-state index is 12.5. The van der Waals surface area contributed by atoms with Crippen molar-refractivity contribution in [3.05, 3.63) is 65.0 Å². The molecule has 31 heavy (non-hydrogen) atoms. The highest BCUT2D eigenvalue weighted by Crippen LogP contribution is 2.19. The Bertz CT molecular complexity index is 1050. The van der Waals surface area contributed by atoms with Crippen LogP contribution in [-0.4, -0.2) is 48.8 Å². The van der Waals surface area contributed by atoms with E-state index in [-0.39, 0.29) is 5.91 Å². The molecule has 2 heterocycles. The summed E-state index contributed by atoms with van der Waals surface area (Å²) in [5.74, 6) is 1.32. The quantitative estimate of drug-likeness (QED) is 0.544. The minimum Gasteiger partial charge on any atom is -0.415 e. The molecular weight excluding hydrogens is 390 g/mol. The lowest BCUT2D eigenvalue weighted by molar-refractivity contribution is -1.02. The smallest absolute Gasteiger partial charge is 0.279 e. The molecule has 7 heteroatoms. The lowest BCUT2D eigenvalue weighted by Crippen LogP contribution is -3.28. The van der Waals surface area contributed by atoms with Crippen molar-refractivity contribution in [2.75, 3.05) is 38.0 Å². The normalized spacial score (nSPS) is 18.7. The first-order valence-electron chi connectivity index (χ1n) is 10.9. The molecule has 0 unspecified atom stereocenters. The van der Waals surface area contributed by atoms with Crippen LogP contribution in [0.3, 0.4) is 0 Å². The highest BCUT2D eigenvalue weighted by molar-refractivity contribution is 5.92. The average Bonchev–Trinajstić information content (AvgIpc) is 3.21. The maximum atomic E-state index is 12.5. The Morgan fingerprint density at radius 2 is 1.74 bits per heavy atom. The number of nitrogens with zero attached hydrogens (tertiary/aromatic N) is 2. The van der Waals surface area contributed by atoms with Crippen LogP contribution in [0.4, 0.5) is 5.69 Å². The van der Waals surface area contributed by atoms with Gasteiger partial charge in [-0.25, -0.2) is 0 Å². The molecule has 0 spiro atoms. The first kappa shape index (κ1) is 21.2. The Morgan fingerprint density at radius 3 is 2.52 bits per heavy atom. The van der Waals surface area contributed by atoms with Crippen LogP contribution < -0.4 is 15.1 Å². The molecule has 4 rings (SSSR count). The van der Waals surface area contributed by atoms with E-state index in [1.807, 2.05) is 31.2 Å².